The second-order valence-corrected chi connectivity index (χ2v) is 19.9. The van der Waals surface area contributed by atoms with E-state index in [4.69, 9.17) is 29.1 Å². The van der Waals surface area contributed by atoms with E-state index in [0.29, 0.717) is 96.5 Å². The van der Waals surface area contributed by atoms with E-state index in [0.717, 1.165) is 11.1 Å². The lowest BCUT2D eigenvalue weighted by Gasteiger charge is -2.34. The molecule has 4 aromatic carbocycles. The van der Waals surface area contributed by atoms with E-state index in [-0.39, 0.29) is 11.6 Å². The van der Waals surface area contributed by atoms with Gasteiger partial charge in [0.2, 0.25) is 0 Å². The molecule has 0 spiro atoms. The van der Waals surface area contributed by atoms with Crippen LogP contribution < -0.4 is 40.8 Å². The monoisotopic (exact) mass is 1030 g/mol. The van der Waals surface area contributed by atoms with Gasteiger partial charge in [-0.2, -0.15) is 20.2 Å². The fraction of sp³-hybridized carbons (Fsp3) is 0.276. The van der Waals surface area contributed by atoms with Crippen molar-refractivity contribution in [3.05, 3.63) is 181 Å². The van der Waals surface area contributed by atoms with Crippen molar-refractivity contribution in [1.29, 1.82) is 0 Å². The fourth-order valence-corrected chi connectivity index (χ4v) is 7.73. The van der Waals surface area contributed by atoms with Gasteiger partial charge in [-0.3, -0.25) is 9.97 Å². The number of carbonyl (C=O) groups is 2. The maximum absolute atomic E-state index is 15.8. The number of anilines is 4. The third-order valence-electron chi connectivity index (χ3n) is 11.9. The highest BCUT2D eigenvalue weighted by Gasteiger charge is 2.38. The summed E-state index contributed by atoms with van der Waals surface area (Å²) in [5.74, 6) is 2.80. The van der Waals surface area contributed by atoms with Crippen molar-refractivity contribution >= 4 is 35.1 Å². The molecule has 4 heterocycles. The van der Waals surface area contributed by atoms with E-state index < -0.39 is 22.9 Å². The molecule has 0 aliphatic heterocycles. The number of nitrogens with zero attached hydrogens (tertiary/aromatic N) is 8. The smallest absolute Gasteiger partial charge is 0.347 e. The van der Waals surface area contributed by atoms with Crippen LogP contribution >= 0.6 is 0 Å². The van der Waals surface area contributed by atoms with E-state index in [9.17, 15) is 0 Å². The average molecular weight is 1030 g/mol. The Morgan fingerprint density at radius 3 is 1.16 bits per heavy atom. The van der Waals surface area contributed by atoms with Crippen molar-refractivity contribution in [3.8, 4) is 34.4 Å². The Kier molecular flexibility index (Phi) is 17.5. The molecule has 0 radical (unpaired) electrons. The maximum Gasteiger partial charge on any atom is 0.347 e. The van der Waals surface area contributed by atoms with Crippen LogP contribution in [0.15, 0.2) is 158 Å². The first-order valence-electron chi connectivity index (χ1n) is 25.0. The first-order chi connectivity index (χ1) is 36.7. The van der Waals surface area contributed by atoms with Crippen LogP contribution in [0.1, 0.15) is 64.1 Å². The number of benzene rings is 4. The SMILES string of the molecule is COCCNCc1ccc(-n2nc(C(C)(C)C)cc2N(C(=O)Nc2ccc(Oc3ccncc3)cc2)N(C(=O)Nc2ccc(Oc3ccncc3)cc2)c2cc(C(C)(C)C)nn2-c2ccc(CNCCOC)cc2)cc1. The summed E-state index contributed by atoms with van der Waals surface area (Å²) in [6.45, 7) is 16.0. The molecule has 0 saturated carbocycles. The van der Waals surface area contributed by atoms with Gasteiger partial charge < -0.3 is 40.2 Å². The summed E-state index contributed by atoms with van der Waals surface area (Å²) < 4.78 is 26.0. The van der Waals surface area contributed by atoms with Gasteiger partial charge in [0, 0.05) is 99.5 Å². The number of aromatic nitrogens is 6. The van der Waals surface area contributed by atoms with E-state index in [1.807, 2.05) is 102 Å². The first-order valence-corrected chi connectivity index (χ1v) is 25.0. The van der Waals surface area contributed by atoms with Crippen molar-refractivity contribution in [2.24, 2.45) is 0 Å². The van der Waals surface area contributed by atoms with Crippen molar-refractivity contribution in [1.82, 2.24) is 40.2 Å². The Bertz CT molecular complexity index is 2900. The van der Waals surface area contributed by atoms with Gasteiger partial charge in [0.05, 0.1) is 36.0 Å². The number of hydrazine groups is 1. The summed E-state index contributed by atoms with van der Waals surface area (Å²) in [6, 6.07) is 39.1. The Morgan fingerprint density at radius 1 is 0.487 bits per heavy atom. The Balaban J connectivity index is 1.29. The molecular weight excluding hydrogens is 961 g/mol. The Labute approximate surface area is 444 Å². The number of carbonyl (C=O) groups excluding carboxylic acids is 2. The average Bonchev–Trinajstić information content (AvgIpc) is 4.08. The van der Waals surface area contributed by atoms with E-state index in [1.165, 1.54) is 10.0 Å². The van der Waals surface area contributed by atoms with E-state index >= 15 is 9.59 Å². The molecular formula is C58H66N12O6. The zero-order valence-electron chi connectivity index (χ0n) is 44.3. The van der Waals surface area contributed by atoms with Gasteiger partial charge in [-0.05, 0) is 108 Å². The summed E-state index contributed by atoms with van der Waals surface area (Å²) in [5, 5.41) is 26.0. The molecule has 8 aromatic rings. The minimum Gasteiger partial charge on any atom is -0.457 e. The largest absolute Gasteiger partial charge is 0.457 e. The maximum atomic E-state index is 15.8. The van der Waals surface area contributed by atoms with Crippen LogP contribution in [-0.2, 0) is 33.4 Å². The zero-order valence-corrected chi connectivity index (χ0v) is 44.3. The van der Waals surface area contributed by atoms with Crippen molar-refractivity contribution < 1.29 is 28.5 Å². The number of urea groups is 2. The number of rotatable bonds is 20. The number of hydrogen-bond donors (Lipinski definition) is 4. The van der Waals surface area contributed by atoms with Gasteiger partial charge >= 0.3 is 12.1 Å². The predicted octanol–water partition coefficient (Wildman–Crippen LogP) is 11.2. The van der Waals surface area contributed by atoms with Crippen molar-refractivity contribution in [2.45, 2.75) is 65.5 Å². The number of nitrogens with one attached hydrogen (secondary N) is 4. The van der Waals surface area contributed by atoms with Gasteiger partial charge in [-0.15, -0.1) is 0 Å². The van der Waals surface area contributed by atoms with Crippen LogP contribution in [0.4, 0.5) is 32.6 Å². The van der Waals surface area contributed by atoms with Crippen LogP contribution in [0.2, 0.25) is 0 Å². The van der Waals surface area contributed by atoms with Gasteiger partial charge in [0.15, 0.2) is 11.6 Å². The molecule has 8 rings (SSSR count). The molecule has 0 saturated heterocycles. The molecule has 0 aliphatic rings. The van der Waals surface area contributed by atoms with Crippen LogP contribution in [0.3, 0.4) is 0 Å². The van der Waals surface area contributed by atoms with Gasteiger partial charge in [-0.1, -0.05) is 65.8 Å². The molecule has 76 heavy (non-hydrogen) atoms. The molecule has 18 nitrogen and oxygen atoms in total. The van der Waals surface area contributed by atoms with Crippen LogP contribution in [0.5, 0.6) is 23.0 Å². The van der Waals surface area contributed by atoms with Crippen LogP contribution in [0.25, 0.3) is 11.4 Å². The second-order valence-electron chi connectivity index (χ2n) is 19.9. The first kappa shape index (κ1) is 53.9. The third-order valence-corrected chi connectivity index (χ3v) is 11.9. The van der Waals surface area contributed by atoms with Gasteiger partial charge in [-0.25, -0.2) is 19.0 Å². The minimum absolute atomic E-state index is 0.254. The van der Waals surface area contributed by atoms with Crippen molar-refractivity contribution in [3.63, 3.8) is 0 Å². The highest BCUT2D eigenvalue weighted by Crippen LogP contribution is 2.36. The standard InChI is InChI=1S/C58H66N12O6/c1-57(2,3)51-37-53(67(65-51)45-17-9-41(10-18-45)39-61-33-35-73-7)69(55(71)63-43-13-21-47(22-14-43)75-49-25-29-59-30-26-49)70(56(72)64-44-15-23-48(24-16-44)76-50-27-31-60-32-28-50)54-38-52(58(4,5)6)66-68(54)46-19-11-42(12-20-46)40-62-34-36-74-8/h9-32,37-38,61-62H,33-36,39-40H2,1-8H3,(H,63,71)(H,64,72). The molecule has 0 fully saturated rings. The molecule has 4 amide bonds. The normalized spacial score (nSPS) is 11.5. The third kappa shape index (κ3) is 14.0. The molecule has 18 heteroatoms. The quantitative estimate of drug-likeness (QED) is 0.0419. The Morgan fingerprint density at radius 2 is 0.829 bits per heavy atom. The Hall–Kier alpha value is -8.42. The molecule has 0 bridgehead atoms. The van der Waals surface area contributed by atoms with E-state index in [2.05, 4.69) is 31.2 Å². The highest BCUT2D eigenvalue weighted by molar-refractivity contribution is 6.12. The molecule has 4 N–H and O–H groups in total. The van der Waals surface area contributed by atoms with Crippen LogP contribution in [0, 0.1) is 0 Å². The van der Waals surface area contributed by atoms with Gasteiger partial charge in [0.25, 0.3) is 0 Å². The lowest BCUT2D eigenvalue weighted by atomic mass is 9.92. The summed E-state index contributed by atoms with van der Waals surface area (Å²) >= 11 is 0. The molecule has 0 atom stereocenters. The molecule has 0 unspecified atom stereocenters. The highest BCUT2D eigenvalue weighted by atomic mass is 16.5. The summed E-state index contributed by atoms with van der Waals surface area (Å²) in [7, 11) is 3.34. The van der Waals surface area contributed by atoms with Crippen LogP contribution in [-0.4, -0.2) is 82.1 Å². The minimum atomic E-state index is -0.692. The topological polar surface area (TPSA) is 187 Å². The van der Waals surface area contributed by atoms with Crippen molar-refractivity contribution in [2.75, 3.05) is 61.2 Å². The fourth-order valence-electron chi connectivity index (χ4n) is 7.73. The number of ether oxygens (including phenoxy) is 4. The molecule has 4 aromatic heterocycles. The lowest BCUT2D eigenvalue weighted by Crippen LogP contribution is -2.55. The number of hydrogen-bond acceptors (Lipinski definition) is 12. The zero-order chi connectivity index (χ0) is 53.7. The molecule has 0 aliphatic carbocycles. The number of amides is 4. The number of pyridine rings is 2. The summed E-state index contributed by atoms with van der Waals surface area (Å²) in [5.41, 5.74) is 4.50. The second kappa shape index (κ2) is 24.7. The van der Waals surface area contributed by atoms with E-state index in [1.54, 1.807) is 121 Å². The lowest BCUT2D eigenvalue weighted by molar-refractivity contribution is 0.199. The predicted molar refractivity (Wildman–Crippen MR) is 296 cm³/mol. The van der Waals surface area contributed by atoms with Gasteiger partial charge in [0.1, 0.15) is 23.0 Å². The summed E-state index contributed by atoms with van der Waals surface area (Å²) in [4.78, 5) is 39.8. The number of methoxy groups -OCH3 is 2. The molecule has 394 valence electrons. The summed E-state index contributed by atoms with van der Waals surface area (Å²) in [6.07, 6.45) is 6.59.